The number of rotatable bonds is 7. The fourth-order valence-corrected chi connectivity index (χ4v) is 10.1. The van der Waals surface area contributed by atoms with Crippen molar-refractivity contribution in [3.8, 4) is 0 Å². The highest BCUT2D eigenvalue weighted by Crippen LogP contribution is 2.47. The normalized spacial score (nSPS) is 31.7. The number of amides is 7. The van der Waals surface area contributed by atoms with Gasteiger partial charge in [0.25, 0.3) is 0 Å². The van der Waals surface area contributed by atoms with Crippen LogP contribution in [0.5, 0.6) is 0 Å². The quantitative estimate of drug-likeness (QED) is 0.156. The van der Waals surface area contributed by atoms with Crippen molar-refractivity contribution in [1.29, 1.82) is 0 Å². The van der Waals surface area contributed by atoms with Crippen molar-refractivity contribution in [2.24, 2.45) is 29.4 Å². The van der Waals surface area contributed by atoms with E-state index in [1.165, 1.54) is 17.7 Å². The second-order valence-corrected chi connectivity index (χ2v) is 23.6. The number of nitrogens with one attached hydrogen (secondary N) is 5. The molecule has 19 nitrogen and oxygen atoms in total. The van der Waals surface area contributed by atoms with Gasteiger partial charge in [0.2, 0.25) is 29.5 Å². The van der Waals surface area contributed by atoms with Crippen LogP contribution in [0.2, 0.25) is 0 Å². The monoisotopic (exact) mass is 1020 g/mol. The van der Waals surface area contributed by atoms with Crippen LogP contribution in [0.4, 0.5) is 9.59 Å². The third kappa shape index (κ3) is 16.6. The summed E-state index contributed by atoms with van der Waals surface area (Å²) in [6.45, 7) is 13.0. The van der Waals surface area contributed by atoms with Crippen molar-refractivity contribution in [2.75, 3.05) is 26.2 Å². The number of carboxylic acids is 1. The highest BCUT2D eigenvalue weighted by molar-refractivity contribution is 5.99. The molecular weight excluding hydrogens is 937 g/mol. The zero-order valence-corrected chi connectivity index (χ0v) is 44.4. The molecule has 4 saturated carbocycles. The van der Waals surface area contributed by atoms with Gasteiger partial charge in [0.15, 0.2) is 0 Å². The number of alkyl carbamates (subject to hydrolysis) is 2. The standard InChI is InChI=1S/C27H42N4O5.C23H35N3O6.C4H9N/c1-26(2,3)36-25(35)29-20-11-8-6-4-5-7-10-19-16-27(19,24(34)28-17-18-13-14-18)30-22(32)21-12-9-15-31(21)23(20)33;1-22(2,3)32-21(31)24-16-11-8-6-4-5-7-10-15-14-23(15,20(29)30)25-18(27)17-12-9-13-26(17)19(16)28;5-3-4-1-2-4/h7,10,18-21H,4-6,8-9,11-17H2,1-3H3,(H,28,34)(H,29,35)(H,30,32);7,10,15-17H,4-6,8-9,11-14H2,1-3H3,(H,24,31)(H,25,27)(H,29,30);4H,1-3,5H2/b2*10-7-;/t19-,20+,21+,27-;15-,16+,17+,23-;/m11./s1. The van der Waals surface area contributed by atoms with Crippen molar-refractivity contribution in [2.45, 2.75) is 216 Å². The molecule has 4 aliphatic heterocycles. The molecule has 0 bridgehead atoms. The van der Waals surface area contributed by atoms with Gasteiger partial charge in [0.1, 0.15) is 46.4 Å². The molecule has 0 aromatic carbocycles. The van der Waals surface area contributed by atoms with E-state index >= 15 is 0 Å². The maximum absolute atomic E-state index is 13.6. The maximum atomic E-state index is 13.6. The van der Waals surface area contributed by atoms with Crippen molar-refractivity contribution < 1.29 is 52.9 Å². The average Bonchev–Trinajstić information content (AvgIpc) is 4.24. The summed E-state index contributed by atoms with van der Waals surface area (Å²) in [5.74, 6) is -1.29. The van der Waals surface area contributed by atoms with E-state index in [9.17, 15) is 43.5 Å². The van der Waals surface area contributed by atoms with E-state index in [1.807, 2.05) is 12.2 Å². The zero-order chi connectivity index (χ0) is 53.1. The Hall–Kier alpha value is -5.20. The predicted octanol–water partition coefficient (Wildman–Crippen LogP) is 5.50. The molecule has 408 valence electrons. The number of nitrogens with zero attached hydrogens (tertiary/aromatic N) is 2. The molecule has 8 rings (SSSR count). The molecule has 0 unspecified atom stereocenters. The lowest BCUT2D eigenvalue weighted by Gasteiger charge is -2.30. The van der Waals surface area contributed by atoms with Gasteiger partial charge in [-0.2, -0.15) is 0 Å². The fraction of sp³-hybridized carbons (Fsp3) is 0.778. The molecule has 6 fully saturated rings. The third-order valence-corrected chi connectivity index (χ3v) is 14.9. The predicted molar refractivity (Wildman–Crippen MR) is 273 cm³/mol. The van der Waals surface area contributed by atoms with Crippen molar-refractivity contribution in [1.82, 2.24) is 36.4 Å². The molecule has 2 saturated heterocycles. The van der Waals surface area contributed by atoms with Crippen LogP contribution >= 0.6 is 0 Å². The van der Waals surface area contributed by atoms with Crippen LogP contribution in [-0.2, 0) is 38.2 Å². The number of allylic oxidation sites excluding steroid dienone is 2. The SMILES string of the molecule is CC(C)(C)OC(=O)N[C@H]1CCCCC/C=C\[C@@H]2C[C@@]2(C(=O)NCC2CC2)NC(=O)[C@@H]2CCCN2C1=O.CC(C)(C)OC(=O)N[C@H]1CCCCC/C=C\[C@@H]2C[C@@]2(C(=O)O)NC(=O)[C@@H]2CCCN2C1=O.NCC1CC1. The van der Waals surface area contributed by atoms with E-state index in [-0.39, 0.29) is 35.5 Å². The van der Waals surface area contributed by atoms with Gasteiger partial charge in [-0.3, -0.25) is 24.0 Å². The molecule has 8 N–H and O–H groups in total. The lowest BCUT2D eigenvalue weighted by atomic mass is 10.0. The fourth-order valence-electron chi connectivity index (χ4n) is 10.1. The summed E-state index contributed by atoms with van der Waals surface area (Å²) in [5.41, 5.74) is 1.64. The van der Waals surface area contributed by atoms with E-state index in [0.29, 0.717) is 76.9 Å². The maximum Gasteiger partial charge on any atom is 0.408 e. The molecule has 19 heteroatoms. The van der Waals surface area contributed by atoms with Gasteiger partial charge >= 0.3 is 18.2 Å². The summed E-state index contributed by atoms with van der Waals surface area (Å²) in [6, 6.07) is -2.93. The second-order valence-electron chi connectivity index (χ2n) is 23.6. The molecule has 73 heavy (non-hydrogen) atoms. The van der Waals surface area contributed by atoms with Gasteiger partial charge in [-0.15, -0.1) is 0 Å². The summed E-state index contributed by atoms with van der Waals surface area (Å²) < 4.78 is 10.7. The summed E-state index contributed by atoms with van der Waals surface area (Å²) >= 11 is 0. The summed E-state index contributed by atoms with van der Waals surface area (Å²) in [6.07, 6.45) is 22.9. The molecule has 4 heterocycles. The molecule has 0 aromatic heterocycles. The highest BCUT2D eigenvalue weighted by Gasteiger charge is 2.62. The minimum atomic E-state index is -1.29. The Kier molecular flexibility index (Phi) is 19.5. The first-order valence-corrected chi connectivity index (χ1v) is 27.3. The number of carbonyl (C=O) groups is 8. The minimum Gasteiger partial charge on any atom is -0.479 e. The minimum absolute atomic E-state index is 0.0297. The topological polar surface area (TPSA) is 268 Å². The van der Waals surface area contributed by atoms with Crippen LogP contribution in [0.15, 0.2) is 24.3 Å². The van der Waals surface area contributed by atoms with Gasteiger partial charge in [-0.1, -0.05) is 50.0 Å². The molecular formula is C54H86N8O11. The van der Waals surface area contributed by atoms with Crippen molar-refractivity contribution >= 4 is 47.7 Å². The first-order valence-electron chi connectivity index (χ1n) is 27.3. The molecule has 0 radical (unpaired) electrons. The van der Waals surface area contributed by atoms with Crippen LogP contribution in [0.3, 0.4) is 0 Å². The van der Waals surface area contributed by atoms with Gasteiger partial charge in [-0.25, -0.2) is 14.4 Å². The Morgan fingerprint density at radius 2 is 1.07 bits per heavy atom. The smallest absolute Gasteiger partial charge is 0.408 e. The average molecular weight is 1020 g/mol. The first-order chi connectivity index (χ1) is 34.6. The third-order valence-electron chi connectivity index (χ3n) is 14.9. The van der Waals surface area contributed by atoms with Gasteiger partial charge in [-0.05, 0) is 163 Å². The van der Waals surface area contributed by atoms with E-state index in [2.05, 4.69) is 38.7 Å². The van der Waals surface area contributed by atoms with E-state index in [0.717, 1.165) is 76.7 Å². The number of ether oxygens (including phenoxy) is 2. The Bertz CT molecular complexity index is 2060. The number of hydrogen-bond donors (Lipinski definition) is 7. The number of aliphatic carboxylic acids is 1. The molecule has 0 spiro atoms. The summed E-state index contributed by atoms with van der Waals surface area (Å²) in [4.78, 5) is 106. The second kappa shape index (κ2) is 24.9. The molecule has 4 aliphatic carbocycles. The number of nitrogens with two attached hydrogens (primary N) is 1. The Balaban J connectivity index is 0.000000218. The van der Waals surface area contributed by atoms with E-state index < -0.39 is 70.5 Å². The van der Waals surface area contributed by atoms with Crippen molar-refractivity contribution in [3.05, 3.63) is 24.3 Å². The van der Waals surface area contributed by atoms with Gasteiger partial charge in [0, 0.05) is 31.5 Å². The van der Waals surface area contributed by atoms with Crippen LogP contribution < -0.4 is 32.3 Å². The largest absolute Gasteiger partial charge is 0.479 e. The van der Waals surface area contributed by atoms with Crippen molar-refractivity contribution in [3.63, 3.8) is 0 Å². The molecule has 8 atom stereocenters. The summed E-state index contributed by atoms with van der Waals surface area (Å²) in [7, 11) is 0. The highest BCUT2D eigenvalue weighted by atomic mass is 16.6. The number of carbonyl (C=O) groups excluding carboxylic acids is 7. The van der Waals surface area contributed by atoms with Crippen LogP contribution in [0, 0.1) is 23.7 Å². The Labute approximate surface area is 432 Å². The van der Waals surface area contributed by atoms with E-state index in [1.54, 1.807) is 46.4 Å². The van der Waals surface area contributed by atoms with Crippen LogP contribution in [0.25, 0.3) is 0 Å². The molecule has 0 aromatic rings. The molecule has 7 amide bonds. The summed E-state index contributed by atoms with van der Waals surface area (Å²) in [5, 5.41) is 24.0. The Morgan fingerprint density at radius 1 is 0.630 bits per heavy atom. The van der Waals surface area contributed by atoms with Gasteiger partial charge in [0.05, 0.1) is 0 Å². The lowest BCUT2D eigenvalue weighted by molar-refractivity contribution is -0.145. The number of hydrogen-bond acceptors (Lipinski definition) is 11. The Morgan fingerprint density at radius 3 is 1.48 bits per heavy atom. The van der Waals surface area contributed by atoms with E-state index in [4.69, 9.17) is 15.2 Å². The van der Waals surface area contributed by atoms with Crippen LogP contribution in [-0.4, -0.2) is 135 Å². The number of fused-ring (bicyclic) bond motifs is 4. The van der Waals surface area contributed by atoms with Gasteiger partial charge < -0.3 is 56.7 Å². The number of carboxylic acid groups (broad SMARTS) is 1. The zero-order valence-electron chi connectivity index (χ0n) is 44.4. The molecule has 8 aliphatic rings. The first kappa shape index (κ1) is 57.1. The lowest BCUT2D eigenvalue weighted by Crippen LogP contribution is -2.58. The van der Waals surface area contributed by atoms with Crippen LogP contribution in [0.1, 0.15) is 170 Å².